The minimum Gasteiger partial charge on any atom is -0.486 e. The van der Waals surface area contributed by atoms with Crippen molar-refractivity contribution in [1.29, 1.82) is 0 Å². The molecule has 1 atom stereocenters. The molecule has 0 spiro atoms. The van der Waals surface area contributed by atoms with Crippen LogP contribution in [0.5, 0.6) is 5.75 Å². The molecule has 158 valence electrons. The minimum atomic E-state index is -0.521. The minimum absolute atomic E-state index is 0.270. The van der Waals surface area contributed by atoms with Crippen LogP contribution in [0, 0.1) is 5.82 Å². The first-order valence-electron chi connectivity index (χ1n) is 9.74. The fraction of sp³-hybridized carbons (Fsp3) is 0.174. The summed E-state index contributed by atoms with van der Waals surface area (Å²) in [5.41, 5.74) is 1.21. The molecule has 8 heteroatoms. The van der Waals surface area contributed by atoms with Gasteiger partial charge in [-0.05, 0) is 42.0 Å². The van der Waals surface area contributed by atoms with Gasteiger partial charge in [0, 0.05) is 44.4 Å². The molecule has 4 rings (SSSR count). The van der Waals surface area contributed by atoms with E-state index >= 15 is 0 Å². The van der Waals surface area contributed by atoms with Gasteiger partial charge in [-0.3, -0.25) is 4.79 Å². The number of nitrogens with zero attached hydrogens (tertiary/aromatic N) is 4. The Hall–Kier alpha value is -3.94. The van der Waals surface area contributed by atoms with Gasteiger partial charge in [-0.1, -0.05) is 12.1 Å². The molecule has 0 radical (unpaired) electrons. The van der Waals surface area contributed by atoms with Crippen LogP contribution in [0.25, 0.3) is 0 Å². The van der Waals surface area contributed by atoms with Crippen molar-refractivity contribution in [2.24, 2.45) is 14.1 Å². The molecule has 0 unspecified atom stereocenters. The molecule has 4 aromatic rings. The number of rotatable bonds is 7. The van der Waals surface area contributed by atoms with Crippen LogP contribution in [0.2, 0.25) is 0 Å². The number of halogens is 1. The van der Waals surface area contributed by atoms with Crippen LogP contribution in [0.1, 0.15) is 33.6 Å². The van der Waals surface area contributed by atoms with E-state index in [9.17, 15) is 9.18 Å². The zero-order valence-corrected chi connectivity index (χ0v) is 17.2. The molecule has 0 aliphatic carbocycles. The van der Waals surface area contributed by atoms with Crippen LogP contribution in [-0.2, 0) is 20.7 Å². The van der Waals surface area contributed by atoms with E-state index in [4.69, 9.17) is 4.74 Å². The largest absolute Gasteiger partial charge is 0.486 e. The van der Waals surface area contributed by atoms with Crippen molar-refractivity contribution < 1.29 is 13.9 Å². The molecule has 2 heterocycles. The highest BCUT2D eigenvalue weighted by Crippen LogP contribution is 2.22. The summed E-state index contributed by atoms with van der Waals surface area (Å²) in [5, 5.41) is 2.99. The Bertz CT molecular complexity index is 1170. The lowest BCUT2D eigenvalue weighted by molar-refractivity contribution is 0.0941. The fourth-order valence-corrected chi connectivity index (χ4v) is 3.21. The van der Waals surface area contributed by atoms with Crippen LogP contribution in [-0.4, -0.2) is 25.0 Å². The number of hydrogen-bond donors (Lipinski definition) is 1. The van der Waals surface area contributed by atoms with Gasteiger partial charge in [-0.15, -0.1) is 0 Å². The third-order valence-corrected chi connectivity index (χ3v) is 5.00. The number of aryl methyl sites for hydroxylation is 2. The number of amides is 1. The third-order valence-electron chi connectivity index (χ3n) is 5.00. The third kappa shape index (κ3) is 4.63. The zero-order valence-electron chi connectivity index (χ0n) is 17.2. The molecule has 0 saturated carbocycles. The predicted octanol–water partition coefficient (Wildman–Crippen LogP) is 3.39. The highest BCUT2D eigenvalue weighted by atomic mass is 19.1. The van der Waals surface area contributed by atoms with E-state index in [1.165, 1.54) is 12.1 Å². The maximum Gasteiger partial charge on any atom is 0.252 e. The second-order valence-electron chi connectivity index (χ2n) is 7.12. The molecule has 0 aliphatic rings. The Morgan fingerprint density at radius 3 is 2.29 bits per heavy atom. The number of carbonyl (C=O) groups is 1. The summed E-state index contributed by atoms with van der Waals surface area (Å²) in [4.78, 5) is 21.5. The van der Waals surface area contributed by atoms with E-state index in [1.807, 2.05) is 29.4 Å². The Morgan fingerprint density at radius 2 is 1.68 bits per heavy atom. The van der Waals surface area contributed by atoms with Gasteiger partial charge < -0.3 is 19.2 Å². The molecule has 31 heavy (non-hydrogen) atoms. The molecular weight excluding hydrogens is 397 g/mol. The van der Waals surface area contributed by atoms with E-state index in [0.29, 0.717) is 23.7 Å². The number of carbonyl (C=O) groups excluding carboxylic acids is 1. The van der Waals surface area contributed by atoms with E-state index in [2.05, 4.69) is 15.3 Å². The van der Waals surface area contributed by atoms with Crippen LogP contribution < -0.4 is 10.1 Å². The van der Waals surface area contributed by atoms with Gasteiger partial charge in [-0.2, -0.15) is 0 Å². The first-order chi connectivity index (χ1) is 15.0. The number of aromatic nitrogens is 4. The Labute approximate surface area is 179 Å². The number of hydrogen-bond acceptors (Lipinski definition) is 4. The average molecular weight is 419 g/mol. The molecule has 2 aromatic carbocycles. The maximum atomic E-state index is 13.4. The van der Waals surface area contributed by atoms with Crippen LogP contribution in [0.3, 0.4) is 0 Å². The lowest BCUT2D eigenvalue weighted by Crippen LogP contribution is -2.31. The van der Waals surface area contributed by atoms with Gasteiger partial charge in [0.2, 0.25) is 0 Å². The van der Waals surface area contributed by atoms with Crippen molar-refractivity contribution >= 4 is 5.91 Å². The Kier molecular flexibility index (Phi) is 5.79. The van der Waals surface area contributed by atoms with Gasteiger partial charge in [-0.25, -0.2) is 14.4 Å². The molecule has 0 bridgehead atoms. The molecule has 0 fully saturated rings. The number of imidazole rings is 2. The standard InChI is InChI=1S/C23H22FN5O2/c1-28-13-11-25-20(28)15-31-19-9-5-17(6-10-19)23(30)27-21(22-26-12-14-29(22)2)16-3-7-18(24)8-4-16/h3-14,21H,15H2,1-2H3,(H,27,30)/t21-/m1/s1. The van der Waals surface area contributed by atoms with Crippen LogP contribution >= 0.6 is 0 Å². The van der Waals surface area contributed by atoms with Crippen LogP contribution in [0.4, 0.5) is 4.39 Å². The Balaban J connectivity index is 1.48. The van der Waals surface area contributed by atoms with Gasteiger partial charge in [0.1, 0.15) is 35.9 Å². The van der Waals surface area contributed by atoms with E-state index < -0.39 is 6.04 Å². The second-order valence-corrected chi connectivity index (χ2v) is 7.12. The fourth-order valence-electron chi connectivity index (χ4n) is 3.21. The summed E-state index contributed by atoms with van der Waals surface area (Å²) >= 11 is 0. The topological polar surface area (TPSA) is 74.0 Å². The van der Waals surface area contributed by atoms with Gasteiger partial charge >= 0.3 is 0 Å². The van der Waals surface area contributed by atoms with E-state index in [0.717, 1.165) is 11.4 Å². The van der Waals surface area contributed by atoms with Gasteiger partial charge in [0.15, 0.2) is 0 Å². The zero-order chi connectivity index (χ0) is 21.8. The summed E-state index contributed by atoms with van der Waals surface area (Å²) < 4.78 is 22.8. The van der Waals surface area contributed by atoms with Crippen LogP contribution in [0.15, 0.2) is 73.3 Å². The monoisotopic (exact) mass is 419 g/mol. The van der Waals surface area contributed by atoms with Gasteiger partial charge in [0.05, 0.1) is 0 Å². The molecule has 7 nitrogen and oxygen atoms in total. The second kappa shape index (κ2) is 8.83. The highest BCUT2D eigenvalue weighted by Gasteiger charge is 2.21. The molecule has 1 N–H and O–H groups in total. The number of benzene rings is 2. The number of nitrogens with one attached hydrogen (secondary N) is 1. The number of ether oxygens (including phenoxy) is 1. The average Bonchev–Trinajstić information content (AvgIpc) is 3.39. The highest BCUT2D eigenvalue weighted by molar-refractivity contribution is 5.94. The summed E-state index contributed by atoms with van der Waals surface area (Å²) in [6.07, 6.45) is 7.02. The SMILES string of the molecule is Cn1ccnc1COc1ccc(C(=O)N[C@H](c2ccc(F)cc2)c2nccn2C)cc1. The van der Waals surface area contributed by atoms with Crippen molar-refractivity contribution in [3.8, 4) is 5.75 Å². The molecular formula is C23H22FN5O2. The lowest BCUT2D eigenvalue weighted by Gasteiger charge is -2.19. The van der Waals surface area contributed by atoms with Crippen molar-refractivity contribution in [3.05, 3.63) is 102 Å². The molecule has 0 aliphatic heterocycles. The summed E-state index contributed by atoms with van der Waals surface area (Å²) in [6, 6.07) is 12.4. The van der Waals surface area contributed by atoms with E-state index in [-0.39, 0.29) is 11.7 Å². The van der Waals surface area contributed by atoms with Crippen molar-refractivity contribution in [2.75, 3.05) is 0 Å². The lowest BCUT2D eigenvalue weighted by atomic mass is 10.1. The van der Waals surface area contributed by atoms with Gasteiger partial charge in [0.25, 0.3) is 5.91 Å². The normalized spacial score (nSPS) is 11.8. The first kappa shape index (κ1) is 20.3. The molecule has 2 aromatic heterocycles. The summed E-state index contributed by atoms with van der Waals surface area (Å²) in [5.74, 6) is 1.48. The Morgan fingerprint density at radius 1 is 1.00 bits per heavy atom. The maximum absolute atomic E-state index is 13.4. The van der Waals surface area contributed by atoms with E-state index in [1.54, 1.807) is 55.0 Å². The molecule has 1 amide bonds. The van der Waals surface area contributed by atoms with Crippen molar-refractivity contribution in [3.63, 3.8) is 0 Å². The molecule has 0 saturated heterocycles. The summed E-state index contributed by atoms with van der Waals surface area (Å²) in [7, 11) is 3.75. The smallest absolute Gasteiger partial charge is 0.252 e. The predicted molar refractivity (Wildman–Crippen MR) is 113 cm³/mol. The van der Waals surface area contributed by atoms with Crippen molar-refractivity contribution in [2.45, 2.75) is 12.6 Å². The van der Waals surface area contributed by atoms with Crippen molar-refractivity contribution in [1.82, 2.24) is 24.4 Å². The quantitative estimate of drug-likeness (QED) is 0.498. The first-order valence-corrected chi connectivity index (χ1v) is 9.74. The summed E-state index contributed by atoms with van der Waals surface area (Å²) in [6.45, 7) is 0.334.